The van der Waals surface area contributed by atoms with Crippen LogP contribution in [0.15, 0.2) is 49.2 Å². The number of aromatic nitrogens is 1. The number of nitrogens with one attached hydrogen (secondary N) is 1. The summed E-state index contributed by atoms with van der Waals surface area (Å²) in [5, 5.41) is 12.5. The minimum absolute atomic E-state index is 0.220. The summed E-state index contributed by atoms with van der Waals surface area (Å²) in [6.07, 6.45) is 6.30. The van der Waals surface area contributed by atoms with Gasteiger partial charge >= 0.3 is 0 Å². The largest absolute Gasteiger partial charge is 0.351 e. The molecule has 1 amide bonds. The van der Waals surface area contributed by atoms with Crippen molar-refractivity contribution in [3.63, 3.8) is 0 Å². The van der Waals surface area contributed by atoms with Gasteiger partial charge in [0, 0.05) is 36.3 Å². The third-order valence-electron chi connectivity index (χ3n) is 3.45. The molecule has 5 heteroatoms. The normalized spacial score (nSPS) is 12.0. The number of hydrogen-bond donors (Lipinski definition) is 1. The lowest BCUT2D eigenvalue weighted by atomic mass is 10.0. The van der Waals surface area contributed by atoms with Crippen molar-refractivity contribution in [2.75, 3.05) is 6.54 Å². The maximum atomic E-state index is 12.1. The average molecular weight is 307 g/mol. The number of ketones is 1. The number of carbonyl (C=O) groups excluding carboxylic acids is 2. The van der Waals surface area contributed by atoms with E-state index >= 15 is 0 Å². The molecule has 0 saturated carbocycles. The van der Waals surface area contributed by atoms with E-state index in [1.807, 2.05) is 42.1 Å². The maximum Gasteiger partial charge on any atom is 0.245 e. The number of hydrogen-bond acceptors (Lipinski definition) is 3. The van der Waals surface area contributed by atoms with Crippen molar-refractivity contribution in [2.45, 2.75) is 0 Å². The molecular formula is C18H17N3O2. The lowest BCUT2D eigenvalue weighted by Crippen LogP contribution is -2.33. The van der Waals surface area contributed by atoms with Crippen LogP contribution >= 0.6 is 0 Å². The fourth-order valence-electron chi connectivity index (χ4n) is 2.30. The molecule has 2 rings (SSSR count). The summed E-state index contributed by atoms with van der Waals surface area (Å²) in [7, 11) is 1.92. The van der Waals surface area contributed by atoms with E-state index in [0.29, 0.717) is 0 Å². The van der Waals surface area contributed by atoms with Gasteiger partial charge in [-0.15, -0.1) is 6.58 Å². The number of nitriles is 1. The van der Waals surface area contributed by atoms with E-state index in [1.165, 1.54) is 12.2 Å². The number of amides is 1. The molecule has 1 unspecified atom stereocenters. The predicted octanol–water partition coefficient (Wildman–Crippen LogP) is 2.20. The molecule has 1 aromatic heterocycles. The predicted molar refractivity (Wildman–Crippen MR) is 89.3 cm³/mol. The van der Waals surface area contributed by atoms with Gasteiger partial charge in [0.25, 0.3) is 0 Å². The third kappa shape index (κ3) is 3.55. The number of nitrogens with zero attached hydrogens (tertiary/aromatic N) is 2. The quantitative estimate of drug-likeness (QED) is 0.505. The van der Waals surface area contributed by atoms with Gasteiger partial charge in [0.1, 0.15) is 0 Å². The van der Waals surface area contributed by atoms with Crippen molar-refractivity contribution in [3.05, 3.63) is 54.8 Å². The minimum Gasteiger partial charge on any atom is -0.351 e. The van der Waals surface area contributed by atoms with E-state index < -0.39 is 17.6 Å². The Morgan fingerprint density at radius 3 is 2.87 bits per heavy atom. The zero-order chi connectivity index (χ0) is 16.8. The summed E-state index contributed by atoms with van der Waals surface area (Å²) >= 11 is 0. The zero-order valence-corrected chi connectivity index (χ0v) is 12.8. The lowest BCUT2D eigenvalue weighted by Gasteiger charge is -2.05. The monoisotopic (exact) mass is 307 g/mol. The molecule has 0 spiro atoms. The standard InChI is InChI=1S/C18H17N3O2/c1-3-10-20-18(23)15(11-19)17(22)9-8-13-12-21(2)16-7-5-4-6-14(13)16/h3-9,12,15H,1,10H2,2H3,(H,20,23)/b9-8+. The van der Waals surface area contributed by atoms with Crippen molar-refractivity contribution >= 4 is 28.7 Å². The fourth-order valence-corrected chi connectivity index (χ4v) is 2.30. The maximum absolute atomic E-state index is 12.1. The van der Waals surface area contributed by atoms with Gasteiger partial charge in [-0.3, -0.25) is 9.59 Å². The molecule has 1 heterocycles. The van der Waals surface area contributed by atoms with Gasteiger partial charge in [-0.25, -0.2) is 0 Å². The van der Waals surface area contributed by atoms with Gasteiger partial charge in [-0.1, -0.05) is 24.3 Å². The highest BCUT2D eigenvalue weighted by molar-refractivity contribution is 6.11. The van der Waals surface area contributed by atoms with Gasteiger partial charge in [0.05, 0.1) is 6.07 Å². The second kappa shape index (κ2) is 7.23. The van der Waals surface area contributed by atoms with E-state index in [4.69, 9.17) is 5.26 Å². The summed E-state index contributed by atoms with van der Waals surface area (Å²) in [4.78, 5) is 23.9. The Morgan fingerprint density at radius 1 is 1.43 bits per heavy atom. The van der Waals surface area contributed by atoms with E-state index in [-0.39, 0.29) is 6.54 Å². The van der Waals surface area contributed by atoms with Gasteiger partial charge in [-0.2, -0.15) is 5.26 Å². The second-order valence-corrected chi connectivity index (χ2v) is 5.04. The van der Waals surface area contributed by atoms with Crippen molar-refractivity contribution < 1.29 is 9.59 Å². The molecule has 0 aliphatic heterocycles. The molecular weight excluding hydrogens is 290 g/mol. The Bertz CT molecular complexity index is 824. The van der Waals surface area contributed by atoms with Crippen LogP contribution in [0.1, 0.15) is 5.56 Å². The van der Waals surface area contributed by atoms with Crippen LogP contribution in [-0.2, 0) is 16.6 Å². The number of para-hydroxylation sites is 1. The number of carbonyl (C=O) groups is 2. The molecule has 1 atom stereocenters. The lowest BCUT2D eigenvalue weighted by molar-refractivity contribution is -0.129. The smallest absolute Gasteiger partial charge is 0.245 e. The highest BCUT2D eigenvalue weighted by atomic mass is 16.2. The molecule has 0 fully saturated rings. The summed E-state index contributed by atoms with van der Waals surface area (Å²) in [5.41, 5.74) is 1.90. The van der Waals surface area contributed by atoms with E-state index in [2.05, 4.69) is 11.9 Å². The second-order valence-electron chi connectivity index (χ2n) is 5.04. The molecule has 0 aliphatic carbocycles. The highest BCUT2D eigenvalue weighted by Gasteiger charge is 2.23. The van der Waals surface area contributed by atoms with E-state index in [9.17, 15) is 9.59 Å². The van der Waals surface area contributed by atoms with Crippen LogP contribution in [0.5, 0.6) is 0 Å². The van der Waals surface area contributed by atoms with Crippen molar-refractivity contribution in [1.29, 1.82) is 5.26 Å². The first-order valence-electron chi connectivity index (χ1n) is 7.12. The molecule has 0 bridgehead atoms. The fraction of sp³-hybridized carbons (Fsp3) is 0.167. The molecule has 23 heavy (non-hydrogen) atoms. The zero-order valence-electron chi connectivity index (χ0n) is 12.8. The average Bonchev–Trinajstić information content (AvgIpc) is 2.88. The first-order valence-corrected chi connectivity index (χ1v) is 7.12. The van der Waals surface area contributed by atoms with Gasteiger partial charge in [0.2, 0.25) is 5.91 Å². The molecule has 1 aromatic carbocycles. The molecule has 1 N–H and O–H groups in total. The third-order valence-corrected chi connectivity index (χ3v) is 3.45. The molecule has 0 aliphatic rings. The summed E-state index contributed by atoms with van der Waals surface area (Å²) in [6.45, 7) is 3.69. The minimum atomic E-state index is -1.35. The number of rotatable bonds is 6. The van der Waals surface area contributed by atoms with Crippen molar-refractivity contribution in [3.8, 4) is 6.07 Å². The molecule has 0 saturated heterocycles. The summed E-state index contributed by atoms with van der Waals surface area (Å²) < 4.78 is 1.96. The topological polar surface area (TPSA) is 74.9 Å². The summed E-state index contributed by atoms with van der Waals surface area (Å²) in [6, 6.07) is 9.53. The molecule has 0 radical (unpaired) electrons. The van der Waals surface area contributed by atoms with Crippen LogP contribution < -0.4 is 5.32 Å². The first-order chi connectivity index (χ1) is 11.1. The van der Waals surface area contributed by atoms with Crippen molar-refractivity contribution in [1.82, 2.24) is 9.88 Å². The molecule has 2 aromatic rings. The summed E-state index contributed by atoms with van der Waals surface area (Å²) in [5.74, 6) is -2.50. The van der Waals surface area contributed by atoms with Crippen LogP contribution in [0.4, 0.5) is 0 Å². The number of benzene rings is 1. The van der Waals surface area contributed by atoms with E-state index in [0.717, 1.165) is 16.5 Å². The van der Waals surface area contributed by atoms with Crippen LogP contribution in [0.25, 0.3) is 17.0 Å². The number of aryl methyl sites for hydroxylation is 1. The Labute approximate surface area is 134 Å². The Morgan fingerprint density at radius 2 is 2.17 bits per heavy atom. The van der Waals surface area contributed by atoms with Crippen LogP contribution in [0.3, 0.4) is 0 Å². The SMILES string of the molecule is C=CCNC(=O)C(C#N)C(=O)/C=C/c1cn(C)c2ccccc12. The number of fused-ring (bicyclic) bond motifs is 1. The van der Waals surface area contributed by atoms with E-state index in [1.54, 1.807) is 12.1 Å². The highest BCUT2D eigenvalue weighted by Crippen LogP contribution is 2.21. The van der Waals surface area contributed by atoms with Gasteiger partial charge in [0.15, 0.2) is 11.7 Å². The van der Waals surface area contributed by atoms with Crippen LogP contribution in [-0.4, -0.2) is 22.8 Å². The first kappa shape index (κ1) is 16.2. The van der Waals surface area contributed by atoms with Gasteiger partial charge < -0.3 is 9.88 Å². The molecule has 116 valence electrons. The Balaban J connectivity index is 2.21. The molecule has 5 nitrogen and oxygen atoms in total. The van der Waals surface area contributed by atoms with Crippen molar-refractivity contribution in [2.24, 2.45) is 13.0 Å². The number of allylic oxidation sites excluding steroid dienone is 1. The Kier molecular flexibility index (Phi) is 5.11. The van der Waals surface area contributed by atoms with Crippen LogP contribution in [0.2, 0.25) is 0 Å². The van der Waals surface area contributed by atoms with Crippen LogP contribution in [0, 0.1) is 17.2 Å². The Hall–Kier alpha value is -3.13. The van der Waals surface area contributed by atoms with Gasteiger partial charge in [-0.05, 0) is 18.2 Å².